The standard InChI is InChI=1S/C19H22O3.C7H4FN/c20-18(21)19(22-17-9-5-2-6-10-17)13-11-16(12-14-19)15-7-3-1-4-8-15;8-7-4-2-1-3-6(7)5-9/h1,3-4,7-8,11-13,17H,2,5-6,9-10,14H2,(H,20,21);1-4H. The van der Waals surface area contributed by atoms with Crippen molar-refractivity contribution in [3.63, 3.8) is 0 Å². The number of halogens is 1. The van der Waals surface area contributed by atoms with E-state index in [2.05, 4.69) is 0 Å². The maximum Gasteiger partial charge on any atom is 0.340 e. The van der Waals surface area contributed by atoms with Crippen molar-refractivity contribution in [1.82, 2.24) is 0 Å². The zero-order valence-corrected chi connectivity index (χ0v) is 17.3. The fourth-order valence-electron chi connectivity index (χ4n) is 3.80. The van der Waals surface area contributed by atoms with E-state index in [1.807, 2.05) is 42.5 Å². The number of hydrogen-bond acceptors (Lipinski definition) is 3. The van der Waals surface area contributed by atoms with E-state index in [1.165, 1.54) is 18.6 Å². The molecule has 0 heterocycles. The van der Waals surface area contributed by atoms with Gasteiger partial charge >= 0.3 is 5.97 Å². The van der Waals surface area contributed by atoms with Crippen molar-refractivity contribution in [2.24, 2.45) is 0 Å². The Morgan fingerprint density at radius 3 is 2.29 bits per heavy atom. The molecule has 0 saturated heterocycles. The van der Waals surface area contributed by atoms with Crippen LogP contribution < -0.4 is 0 Å². The van der Waals surface area contributed by atoms with Crippen LogP contribution in [0.3, 0.4) is 0 Å². The first-order chi connectivity index (χ1) is 15.0. The minimum Gasteiger partial charge on any atom is -0.479 e. The minimum atomic E-state index is -1.19. The van der Waals surface area contributed by atoms with Crippen LogP contribution >= 0.6 is 0 Å². The Labute approximate surface area is 182 Å². The summed E-state index contributed by atoms with van der Waals surface area (Å²) in [6.45, 7) is 0. The van der Waals surface area contributed by atoms with E-state index in [1.54, 1.807) is 24.3 Å². The molecule has 1 unspecified atom stereocenters. The van der Waals surface area contributed by atoms with Gasteiger partial charge in [-0.2, -0.15) is 5.26 Å². The van der Waals surface area contributed by atoms with E-state index in [-0.39, 0.29) is 11.7 Å². The van der Waals surface area contributed by atoms with Crippen LogP contribution in [0.25, 0.3) is 5.57 Å². The predicted molar refractivity (Wildman–Crippen MR) is 118 cm³/mol. The number of allylic oxidation sites excluding steroid dienone is 2. The Morgan fingerprint density at radius 2 is 1.74 bits per heavy atom. The van der Waals surface area contributed by atoms with E-state index < -0.39 is 17.4 Å². The van der Waals surface area contributed by atoms with Crippen LogP contribution in [0.5, 0.6) is 0 Å². The molecule has 2 aliphatic rings. The monoisotopic (exact) mass is 419 g/mol. The topological polar surface area (TPSA) is 70.3 Å². The third kappa shape index (κ3) is 5.90. The van der Waals surface area contributed by atoms with Gasteiger partial charge < -0.3 is 9.84 Å². The summed E-state index contributed by atoms with van der Waals surface area (Å²) < 4.78 is 18.4. The molecule has 0 aliphatic heterocycles. The quantitative estimate of drug-likeness (QED) is 0.670. The first-order valence-corrected chi connectivity index (χ1v) is 10.5. The normalized spacial score (nSPS) is 20.7. The Kier molecular flexibility index (Phi) is 7.75. The molecule has 0 spiro atoms. The summed E-state index contributed by atoms with van der Waals surface area (Å²) in [5.74, 6) is -1.35. The maximum atomic E-state index is 12.4. The van der Waals surface area contributed by atoms with Crippen molar-refractivity contribution < 1.29 is 19.0 Å². The average molecular weight is 419 g/mol. The molecular weight excluding hydrogens is 393 g/mol. The van der Waals surface area contributed by atoms with Crippen LogP contribution in [0, 0.1) is 17.1 Å². The number of ether oxygens (including phenoxy) is 1. The smallest absolute Gasteiger partial charge is 0.340 e. The summed E-state index contributed by atoms with van der Waals surface area (Å²) in [7, 11) is 0. The molecule has 160 valence electrons. The molecule has 2 aromatic carbocycles. The van der Waals surface area contributed by atoms with Crippen molar-refractivity contribution in [3.05, 3.63) is 89.8 Å². The van der Waals surface area contributed by atoms with Gasteiger partial charge in [0, 0.05) is 6.42 Å². The van der Waals surface area contributed by atoms with Crippen LogP contribution in [0.2, 0.25) is 0 Å². The van der Waals surface area contributed by atoms with Crippen LogP contribution in [-0.2, 0) is 9.53 Å². The molecule has 2 aliphatic carbocycles. The molecule has 0 amide bonds. The van der Waals surface area contributed by atoms with Crippen LogP contribution in [-0.4, -0.2) is 22.8 Å². The Balaban J connectivity index is 0.000000254. The lowest BCUT2D eigenvalue weighted by Crippen LogP contribution is -2.43. The highest BCUT2D eigenvalue weighted by atomic mass is 19.1. The number of rotatable bonds is 4. The molecule has 1 atom stereocenters. The molecule has 2 aromatic rings. The van der Waals surface area contributed by atoms with Crippen LogP contribution in [0.1, 0.15) is 49.7 Å². The Hall–Kier alpha value is -3.23. The number of nitriles is 1. The minimum absolute atomic E-state index is 0.0705. The molecule has 1 N–H and O–H groups in total. The summed E-state index contributed by atoms with van der Waals surface area (Å²) >= 11 is 0. The van der Waals surface area contributed by atoms with Gasteiger partial charge in [-0.15, -0.1) is 0 Å². The van der Waals surface area contributed by atoms with Crippen LogP contribution in [0.15, 0.2) is 72.8 Å². The summed E-state index contributed by atoms with van der Waals surface area (Å²) in [5.41, 5.74) is 1.07. The first kappa shape index (κ1) is 22.5. The van der Waals surface area contributed by atoms with E-state index in [4.69, 9.17) is 10.00 Å². The lowest BCUT2D eigenvalue weighted by Gasteiger charge is -2.34. The fourth-order valence-corrected chi connectivity index (χ4v) is 3.80. The van der Waals surface area contributed by atoms with Gasteiger partial charge in [0.05, 0.1) is 11.7 Å². The third-order valence-corrected chi connectivity index (χ3v) is 5.55. The summed E-state index contributed by atoms with van der Waals surface area (Å²) in [5, 5.41) is 17.9. The maximum absolute atomic E-state index is 12.4. The number of benzene rings is 2. The predicted octanol–water partition coefficient (Wildman–Crippen LogP) is 5.90. The lowest BCUT2D eigenvalue weighted by molar-refractivity contribution is -0.167. The average Bonchev–Trinajstić information content (AvgIpc) is 2.81. The van der Waals surface area contributed by atoms with Crippen molar-refractivity contribution in [3.8, 4) is 6.07 Å². The molecule has 1 fully saturated rings. The second-order valence-electron chi connectivity index (χ2n) is 7.73. The second-order valence-corrected chi connectivity index (χ2v) is 7.73. The molecule has 1 saturated carbocycles. The molecule has 0 radical (unpaired) electrons. The van der Waals surface area contributed by atoms with Gasteiger partial charge in [-0.05, 0) is 42.2 Å². The van der Waals surface area contributed by atoms with E-state index in [0.717, 1.165) is 36.8 Å². The fraction of sp³-hybridized carbons (Fsp3) is 0.308. The Bertz CT molecular complexity index is 987. The lowest BCUT2D eigenvalue weighted by atomic mass is 9.88. The SMILES string of the molecule is N#Cc1ccccc1F.O=C(O)C1(OC2CCCCC2)C=CC(c2ccccc2)=CC1. The van der Waals surface area contributed by atoms with E-state index >= 15 is 0 Å². The second kappa shape index (κ2) is 10.7. The number of hydrogen-bond donors (Lipinski definition) is 1. The molecule has 0 aromatic heterocycles. The number of carbonyl (C=O) groups is 1. The molecule has 31 heavy (non-hydrogen) atoms. The molecule has 4 rings (SSSR count). The highest BCUT2D eigenvalue weighted by molar-refractivity contribution is 5.85. The highest BCUT2D eigenvalue weighted by Gasteiger charge is 2.40. The van der Waals surface area contributed by atoms with Gasteiger partial charge in [-0.25, -0.2) is 9.18 Å². The van der Waals surface area contributed by atoms with Gasteiger partial charge in [-0.3, -0.25) is 0 Å². The van der Waals surface area contributed by atoms with Gasteiger partial charge in [-0.1, -0.05) is 73.9 Å². The number of carboxylic acid groups (broad SMARTS) is 1. The largest absolute Gasteiger partial charge is 0.479 e. The zero-order valence-electron chi connectivity index (χ0n) is 17.3. The van der Waals surface area contributed by atoms with Crippen molar-refractivity contribution in [2.45, 2.75) is 50.2 Å². The highest BCUT2D eigenvalue weighted by Crippen LogP contribution is 2.33. The number of nitrogens with zero attached hydrogens (tertiary/aromatic N) is 1. The van der Waals surface area contributed by atoms with Crippen LogP contribution in [0.4, 0.5) is 4.39 Å². The molecular formula is C26H26FNO3. The van der Waals surface area contributed by atoms with Gasteiger partial charge in [0.15, 0.2) is 5.60 Å². The van der Waals surface area contributed by atoms with Crippen molar-refractivity contribution in [2.75, 3.05) is 0 Å². The van der Waals surface area contributed by atoms with Crippen molar-refractivity contribution in [1.29, 1.82) is 5.26 Å². The summed E-state index contributed by atoms with van der Waals surface area (Å²) in [4.78, 5) is 11.8. The summed E-state index contributed by atoms with van der Waals surface area (Å²) in [6.07, 6.45) is 11.5. The first-order valence-electron chi connectivity index (χ1n) is 10.5. The van der Waals surface area contributed by atoms with E-state index in [0.29, 0.717) is 6.42 Å². The zero-order chi connectivity index (χ0) is 22.1. The van der Waals surface area contributed by atoms with Gasteiger partial charge in [0.25, 0.3) is 0 Å². The third-order valence-electron chi connectivity index (χ3n) is 5.55. The van der Waals surface area contributed by atoms with Gasteiger partial charge in [0.2, 0.25) is 0 Å². The molecule has 5 heteroatoms. The molecule has 4 nitrogen and oxygen atoms in total. The number of carboxylic acids is 1. The van der Waals surface area contributed by atoms with Gasteiger partial charge in [0.1, 0.15) is 11.9 Å². The summed E-state index contributed by atoms with van der Waals surface area (Å²) in [6, 6.07) is 17.6. The van der Waals surface area contributed by atoms with Crippen molar-refractivity contribution >= 4 is 11.5 Å². The Morgan fingerprint density at radius 1 is 1.06 bits per heavy atom. The van der Waals surface area contributed by atoms with E-state index in [9.17, 15) is 14.3 Å². The number of aliphatic carboxylic acids is 1. The molecule has 0 bridgehead atoms.